The van der Waals surface area contributed by atoms with Gasteiger partial charge in [0.05, 0.1) is 49.7 Å². The van der Waals surface area contributed by atoms with Gasteiger partial charge in [0.1, 0.15) is 67.1 Å². The van der Waals surface area contributed by atoms with Gasteiger partial charge in [0.25, 0.3) is 0 Å². The van der Waals surface area contributed by atoms with Gasteiger partial charge in [0.2, 0.25) is 0 Å². The van der Waals surface area contributed by atoms with Crippen LogP contribution in [0.25, 0.3) is 0 Å². The Morgan fingerprint density at radius 3 is 2.06 bits per heavy atom. The summed E-state index contributed by atoms with van der Waals surface area (Å²) in [7, 11) is 0. The number of aliphatic hydroxyl groups is 14. The van der Waals surface area contributed by atoms with Crippen molar-refractivity contribution in [2.24, 2.45) is 11.8 Å². The van der Waals surface area contributed by atoms with Crippen LogP contribution in [0.4, 0.5) is 0 Å². The topological polar surface area (TPSA) is 311 Å². The van der Waals surface area contributed by atoms with Crippen LogP contribution in [0.2, 0.25) is 0 Å². The van der Waals surface area contributed by atoms with Gasteiger partial charge in [0, 0.05) is 18.8 Å². The fourth-order valence-electron chi connectivity index (χ4n) is 8.37. The van der Waals surface area contributed by atoms with Crippen molar-refractivity contribution in [1.82, 2.24) is 0 Å². The zero-order valence-corrected chi connectivity index (χ0v) is 28.2. The summed E-state index contributed by atoms with van der Waals surface area (Å²) < 4.78 is 40.1. The molecule has 13 N–H and O–H groups in total. The standard InChI is InChI=1S/C32H54O19/c1-10-21(38)24(41)27(44)30(47-10)46-9-20-23(40)25(42)29(51-31-26(43)22(39)17(37)8-45-31)32(50-20)49-19-7-13-15(35)5-12(33)6-18(13)48-28(19)11-2-3-14(34)16(36)4-11/h10-44H,2-9H2,1H3/p+1/t10-,11?,12?,13?,14?,15?,16?,17-,18?,19?,20+,21+,22+,23-,24-,25+,26-,27-,28?,29-,30-,31-,32-/m0/s1. The van der Waals surface area contributed by atoms with Crippen LogP contribution in [0.5, 0.6) is 0 Å². The van der Waals surface area contributed by atoms with E-state index in [9.17, 15) is 61.3 Å². The van der Waals surface area contributed by atoms with E-state index in [1.54, 1.807) is 0 Å². The summed E-state index contributed by atoms with van der Waals surface area (Å²) in [5.41, 5.74) is 0. The molecule has 0 aromatic carbocycles. The molecule has 9 unspecified atom stereocenters. The van der Waals surface area contributed by atoms with Crippen LogP contribution in [0, 0.1) is 11.8 Å². The average Bonchev–Trinajstić information content (AvgIpc) is 3.09. The van der Waals surface area contributed by atoms with Crippen molar-refractivity contribution < 1.29 is 94.4 Å². The number of hydrogen-bond acceptors (Lipinski definition) is 18. The van der Waals surface area contributed by atoms with Gasteiger partial charge in [-0.05, 0) is 32.6 Å². The molecule has 2 aliphatic carbocycles. The maximum absolute atomic E-state index is 11.4. The van der Waals surface area contributed by atoms with Crippen LogP contribution >= 0.6 is 0 Å². The third-order valence-electron chi connectivity index (χ3n) is 11.5. The van der Waals surface area contributed by atoms with E-state index in [2.05, 4.69) is 0 Å². The minimum atomic E-state index is -1.81. The molecule has 0 amide bonds. The molecule has 0 radical (unpaired) electrons. The molecule has 0 aromatic rings. The van der Waals surface area contributed by atoms with Gasteiger partial charge in [-0.1, -0.05) is 0 Å². The molecule has 23 atom stereocenters. The smallest absolute Gasteiger partial charge is 0.187 e. The molecule has 4 aliphatic heterocycles. The fraction of sp³-hybridized carbons (Fsp3) is 1.00. The highest BCUT2D eigenvalue weighted by Crippen LogP contribution is 2.42. The Morgan fingerprint density at radius 1 is 0.608 bits per heavy atom. The van der Waals surface area contributed by atoms with E-state index in [0.29, 0.717) is 19.3 Å². The Labute approximate surface area is 293 Å². The number of ether oxygens (including phenoxy) is 7. The summed E-state index contributed by atoms with van der Waals surface area (Å²) in [6.07, 6.45) is -25.5. The SMILES string of the molecule is C[C@@H]1O[C@H](OC[C@H]2O[C@H](OC3CC4C(O)CC(O)CC4[OH+]C3C3CCC(O)C(O)C3)[C@@H](O[C@@H]3OC[C@H](O)[C@@H](O)[C@@H]3O)[C@H](O)[C@H]2O)[C@@H](O)[C@@H](O)[C@@H]1O. The van der Waals surface area contributed by atoms with Crippen molar-refractivity contribution in [2.45, 2.75) is 174 Å². The Hall–Kier alpha value is -0.760. The molecule has 0 bridgehead atoms. The molecule has 19 heteroatoms. The van der Waals surface area contributed by atoms with Crippen LogP contribution < -0.4 is 0 Å². The lowest BCUT2D eigenvalue weighted by molar-refractivity contribution is -0.385. The Morgan fingerprint density at radius 2 is 1.33 bits per heavy atom. The average molecular weight is 744 g/mol. The van der Waals surface area contributed by atoms with Gasteiger partial charge in [-0.15, -0.1) is 0 Å². The molecule has 0 aromatic heterocycles. The molecule has 4 saturated heterocycles. The highest BCUT2D eigenvalue weighted by Gasteiger charge is 2.56. The van der Waals surface area contributed by atoms with E-state index in [1.807, 2.05) is 0 Å². The van der Waals surface area contributed by atoms with E-state index in [-0.39, 0.29) is 25.2 Å². The van der Waals surface area contributed by atoms with Gasteiger partial charge in [-0.2, -0.15) is 0 Å². The van der Waals surface area contributed by atoms with Gasteiger partial charge in [-0.3, -0.25) is 0 Å². The number of rotatable bonds is 8. The molecule has 51 heavy (non-hydrogen) atoms. The minimum absolute atomic E-state index is 0.128. The number of hydrogen-bond donors (Lipinski definition) is 12. The first-order valence-corrected chi connectivity index (χ1v) is 17.9. The second-order valence-corrected chi connectivity index (χ2v) is 15.1. The maximum atomic E-state index is 11.4. The summed E-state index contributed by atoms with van der Waals surface area (Å²) in [6, 6.07) is 0. The third-order valence-corrected chi connectivity index (χ3v) is 11.5. The quantitative estimate of drug-likeness (QED) is 0.103. The van der Waals surface area contributed by atoms with E-state index >= 15 is 0 Å². The number of fused-ring (bicyclic) bond motifs is 1. The van der Waals surface area contributed by atoms with Crippen LogP contribution in [0.1, 0.15) is 45.4 Å². The largest absolute Gasteiger partial charge is 0.427 e. The molecular weight excluding hydrogens is 688 g/mol. The number of aliphatic hydroxyl groups excluding tert-OH is 12. The lowest BCUT2D eigenvalue weighted by Gasteiger charge is -2.49. The molecule has 296 valence electrons. The van der Waals surface area contributed by atoms with E-state index in [0.717, 1.165) is 0 Å². The lowest BCUT2D eigenvalue weighted by atomic mass is 9.72. The minimum Gasteiger partial charge on any atom is -0.427 e. The highest BCUT2D eigenvalue weighted by atomic mass is 16.8. The van der Waals surface area contributed by atoms with Gasteiger partial charge < -0.3 is 94.4 Å². The molecule has 6 fully saturated rings. The Bertz CT molecular complexity index is 1120. The van der Waals surface area contributed by atoms with Crippen LogP contribution in [0.15, 0.2) is 0 Å². The molecule has 6 aliphatic rings. The summed E-state index contributed by atoms with van der Waals surface area (Å²) in [6.45, 7) is 0.509. The van der Waals surface area contributed by atoms with E-state index in [1.165, 1.54) is 6.92 Å². The molecule has 4 heterocycles. The monoisotopic (exact) mass is 743 g/mol. The Balaban J connectivity index is 1.25. The van der Waals surface area contributed by atoms with E-state index in [4.69, 9.17) is 33.2 Å². The van der Waals surface area contributed by atoms with Crippen molar-refractivity contribution >= 4 is 0 Å². The van der Waals surface area contributed by atoms with Crippen LogP contribution in [-0.4, -0.2) is 208 Å². The first-order chi connectivity index (χ1) is 24.1. The third kappa shape index (κ3) is 8.42. The van der Waals surface area contributed by atoms with Crippen LogP contribution in [-0.2, 0) is 28.4 Å². The molecule has 6 rings (SSSR count). The zero-order chi connectivity index (χ0) is 36.9. The summed E-state index contributed by atoms with van der Waals surface area (Å²) in [5, 5.41) is 126. The first kappa shape index (κ1) is 39.9. The highest BCUT2D eigenvalue weighted by molar-refractivity contribution is 4.99. The summed E-state index contributed by atoms with van der Waals surface area (Å²) in [4.78, 5) is 0. The maximum Gasteiger partial charge on any atom is 0.187 e. The van der Waals surface area contributed by atoms with Crippen molar-refractivity contribution in [3.05, 3.63) is 0 Å². The van der Waals surface area contributed by atoms with Gasteiger partial charge in [0.15, 0.2) is 31.1 Å². The molecule has 19 nitrogen and oxygen atoms in total. The van der Waals surface area contributed by atoms with Gasteiger partial charge in [-0.25, -0.2) is 0 Å². The van der Waals surface area contributed by atoms with Crippen molar-refractivity contribution in [3.8, 4) is 0 Å². The van der Waals surface area contributed by atoms with E-state index < -0.39 is 148 Å². The first-order valence-electron chi connectivity index (χ1n) is 17.9. The van der Waals surface area contributed by atoms with Crippen molar-refractivity contribution in [1.29, 1.82) is 0 Å². The summed E-state index contributed by atoms with van der Waals surface area (Å²) in [5.74, 6) is -0.725. The lowest BCUT2D eigenvalue weighted by Crippen LogP contribution is -2.65. The normalized spacial score (nSPS) is 55.6. The summed E-state index contributed by atoms with van der Waals surface area (Å²) >= 11 is 0. The van der Waals surface area contributed by atoms with Crippen molar-refractivity contribution in [3.63, 3.8) is 0 Å². The van der Waals surface area contributed by atoms with Gasteiger partial charge >= 0.3 is 0 Å². The van der Waals surface area contributed by atoms with Crippen LogP contribution in [0.3, 0.4) is 0 Å². The predicted octanol–water partition coefficient (Wildman–Crippen LogP) is -6.19. The zero-order valence-electron chi connectivity index (χ0n) is 28.2. The predicted molar refractivity (Wildman–Crippen MR) is 165 cm³/mol. The molecule has 0 spiro atoms. The molecule has 2 saturated carbocycles. The molecular formula is C32H55O19+. The second kappa shape index (κ2) is 16.5. The fourth-order valence-corrected chi connectivity index (χ4v) is 8.37. The van der Waals surface area contributed by atoms with Crippen molar-refractivity contribution in [2.75, 3.05) is 13.2 Å². The second-order valence-electron chi connectivity index (χ2n) is 15.1. The Kier molecular flexibility index (Phi) is 12.9.